The van der Waals surface area contributed by atoms with E-state index in [4.69, 9.17) is 38.9 Å². The first-order chi connectivity index (χ1) is 15.8. The van der Waals surface area contributed by atoms with Crippen LogP contribution in [0.4, 0.5) is 0 Å². The Morgan fingerprint density at radius 1 is 0.594 bits per heavy atom. The van der Waals surface area contributed by atoms with Crippen LogP contribution in [0.25, 0.3) is 0 Å². The molecule has 4 N–H and O–H groups in total. The molecule has 12 heteroatoms. The lowest BCUT2D eigenvalue weighted by molar-refractivity contribution is -0.122. The van der Waals surface area contributed by atoms with Crippen molar-refractivity contribution < 1.29 is 42.7 Å². The molecular formula is C20H41N3O9. The van der Waals surface area contributed by atoms with Gasteiger partial charge in [0.25, 0.3) is 0 Å². The third-order valence-electron chi connectivity index (χ3n) is 3.64. The molecule has 0 bridgehead atoms. The molecule has 12 nitrogen and oxygen atoms in total. The Morgan fingerprint density at radius 2 is 1.00 bits per heavy atom. The Morgan fingerprint density at radius 3 is 1.47 bits per heavy atom. The number of amides is 2. The van der Waals surface area contributed by atoms with Crippen LogP contribution in [0.2, 0.25) is 0 Å². The van der Waals surface area contributed by atoms with Gasteiger partial charge in [-0.25, -0.2) is 0 Å². The maximum absolute atomic E-state index is 11.6. The minimum absolute atomic E-state index is 0.0905. The summed E-state index contributed by atoms with van der Waals surface area (Å²) in [6.45, 7) is 7.95. The van der Waals surface area contributed by atoms with Gasteiger partial charge in [-0.3, -0.25) is 9.59 Å². The Bertz CT molecular complexity index is 407. The van der Waals surface area contributed by atoms with Crippen LogP contribution in [0, 0.1) is 0 Å². The lowest BCUT2D eigenvalue weighted by atomic mass is 10.4. The molecule has 0 spiro atoms. The van der Waals surface area contributed by atoms with Gasteiger partial charge < -0.3 is 49.5 Å². The smallest absolute Gasteiger partial charge is 0.222 e. The Balaban J connectivity index is 3.13. The van der Waals surface area contributed by atoms with Crippen LogP contribution in [0.5, 0.6) is 0 Å². The molecule has 0 aliphatic rings. The van der Waals surface area contributed by atoms with E-state index >= 15 is 0 Å². The molecule has 0 aromatic carbocycles. The zero-order chi connectivity index (χ0) is 23.4. The molecule has 0 saturated heterocycles. The second kappa shape index (κ2) is 27.7. The maximum Gasteiger partial charge on any atom is 0.222 e. The minimum atomic E-state index is -0.0905. The third kappa shape index (κ3) is 26.7. The van der Waals surface area contributed by atoms with Gasteiger partial charge in [0.2, 0.25) is 12.3 Å². The summed E-state index contributed by atoms with van der Waals surface area (Å²) in [4.78, 5) is 21.7. The number of ether oxygens (including phenoxy) is 7. The summed E-state index contributed by atoms with van der Waals surface area (Å²) in [6.07, 6.45) is 0.912. The zero-order valence-electron chi connectivity index (χ0n) is 19.1. The average molecular weight is 468 g/mol. The third-order valence-corrected chi connectivity index (χ3v) is 3.64. The topological polar surface area (TPSA) is 149 Å². The van der Waals surface area contributed by atoms with E-state index in [0.717, 1.165) is 0 Å². The summed E-state index contributed by atoms with van der Waals surface area (Å²) >= 11 is 0. The molecule has 0 aromatic heterocycles. The highest BCUT2D eigenvalue weighted by molar-refractivity contribution is 5.75. The number of nitrogens with one attached hydrogen (secondary N) is 2. The van der Waals surface area contributed by atoms with Gasteiger partial charge >= 0.3 is 0 Å². The number of hydrogen-bond acceptors (Lipinski definition) is 10. The first-order valence-electron chi connectivity index (χ1n) is 11.0. The van der Waals surface area contributed by atoms with Gasteiger partial charge in [-0.15, -0.1) is 0 Å². The van der Waals surface area contributed by atoms with E-state index in [-0.39, 0.29) is 12.3 Å². The van der Waals surface area contributed by atoms with Crippen molar-refractivity contribution >= 4 is 12.3 Å². The highest BCUT2D eigenvalue weighted by Gasteiger charge is 2.01. The van der Waals surface area contributed by atoms with Gasteiger partial charge in [0, 0.05) is 26.1 Å². The predicted octanol–water partition coefficient (Wildman–Crippen LogP) is -1.69. The minimum Gasteiger partial charge on any atom is -0.379 e. The Hall–Kier alpha value is -1.38. The molecular weight excluding hydrogens is 426 g/mol. The number of carbonyl (C=O) groups is 2. The van der Waals surface area contributed by atoms with Crippen LogP contribution in [0.1, 0.15) is 6.42 Å². The molecule has 0 radical (unpaired) electrons. The quantitative estimate of drug-likeness (QED) is 0.0944. The fourth-order valence-corrected chi connectivity index (χ4v) is 2.09. The van der Waals surface area contributed by atoms with Crippen molar-refractivity contribution in [2.45, 2.75) is 6.42 Å². The molecule has 0 saturated carbocycles. The van der Waals surface area contributed by atoms with Gasteiger partial charge in [-0.05, 0) is 0 Å². The van der Waals surface area contributed by atoms with Crippen molar-refractivity contribution in [3.63, 3.8) is 0 Å². The van der Waals surface area contributed by atoms with Crippen molar-refractivity contribution in [1.29, 1.82) is 0 Å². The summed E-state index contributed by atoms with van der Waals surface area (Å²) < 4.78 is 37.2. The normalized spacial score (nSPS) is 10.9. The molecule has 32 heavy (non-hydrogen) atoms. The van der Waals surface area contributed by atoms with Crippen molar-refractivity contribution in [3.8, 4) is 0 Å². The molecule has 190 valence electrons. The molecule has 2 amide bonds. The average Bonchev–Trinajstić information content (AvgIpc) is 2.80. The molecule has 0 atom stereocenters. The van der Waals surface area contributed by atoms with Gasteiger partial charge in [0.05, 0.1) is 92.5 Å². The number of nitrogens with two attached hydrogens (primary N) is 1. The van der Waals surface area contributed by atoms with E-state index in [1.165, 1.54) is 0 Å². The van der Waals surface area contributed by atoms with Gasteiger partial charge in [0.1, 0.15) is 0 Å². The zero-order valence-corrected chi connectivity index (χ0v) is 19.1. The number of hydrogen-bond donors (Lipinski definition) is 3. The van der Waals surface area contributed by atoms with E-state index in [1.807, 2.05) is 0 Å². The van der Waals surface area contributed by atoms with Gasteiger partial charge in [-0.2, -0.15) is 0 Å². The predicted molar refractivity (Wildman–Crippen MR) is 116 cm³/mol. The molecule has 0 unspecified atom stereocenters. The lowest BCUT2D eigenvalue weighted by Crippen LogP contribution is -2.28. The van der Waals surface area contributed by atoms with Gasteiger partial charge in [-0.1, -0.05) is 0 Å². The highest BCUT2D eigenvalue weighted by atomic mass is 16.6. The van der Waals surface area contributed by atoms with Crippen LogP contribution in [0.15, 0.2) is 0 Å². The first-order valence-corrected chi connectivity index (χ1v) is 11.0. The van der Waals surface area contributed by atoms with Crippen LogP contribution in [-0.4, -0.2) is 124 Å². The van der Waals surface area contributed by atoms with E-state index in [9.17, 15) is 9.59 Å². The highest BCUT2D eigenvalue weighted by Crippen LogP contribution is 1.87. The maximum atomic E-state index is 11.6. The second-order valence-electron chi connectivity index (χ2n) is 6.25. The van der Waals surface area contributed by atoms with E-state index in [1.54, 1.807) is 0 Å². The molecule has 0 aliphatic heterocycles. The Labute approximate surface area is 190 Å². The molecule has 0 aromatic rings. The standard InChI is InChI=1S/C20H41N3O9/c21-2-6-27-10-14-31-16-18-32-17-15-30-13-9-26-5-1-20(25)23-4-8-29-12-11-28-7-3-22-19-24/h19H,1-18,21H2,(H,22,24)(H,23,25). The van der Waals surface area contributed by atoms with Crippen molar-refractivity contribution in [1.82, 2.24) is 10.6 Å². The van der Waals surface area contributed by atoms with Gasteiger partial charge in [0.15, 0.2) is 0 Å². The molecule has 0 rings (SSSR count). The summed E-state index contributed by atoms with van der Waals surface area (Å²) in [6, 6.07) is 0. The van der Waals surface area contributed by atoms with E-state index in [0.29, 0.717) is 119 Å². The van der Waals surface area contributed by atoms with Crippen LogP contribution >= 0.6 is 0 Å². The SMILES string of the molecule is NCCOCCOCCOCCOCCOCCC(=O)NCCOCCOCCNC=O. The Kier molecular flexibility index (Phi) is 26.5. The fourth-order valence-electron chi connectivity index (χ4n) is 2.09. The lowest BCUT2D eigenvalue weighted by Gasteiger charge is -2.08. The van der Waals surface area contributed by atoms with E-state index in [2.05, 4.69) is 10.6 Å². The molecule has 0 fully saturated rings. The summed E-state index contributed by atoms with van der Waals surface area (Å²) in [5, 5.41) is 5.25. The summed E-state index contributed by atoms with van der Waals surface area (Å²) in [7, 11) is 0. The summed E-state index contributed by atoms with van der Waals surface area (Å²) in [5.41, 5.74) is 5.30. The van der Waals surface area contributed by atoms with Crippen molar-refractivity contribution in [2.24, 2.45) is 5.73 Å². The molecule has 0 aliphatic carbocycles. The number of carbonyl (C=O) groups excluding carboxylic acids is 2. The fraction of sp³-hybridized carbons (Fsp3) is 0.900. The van der Waals surface area contributed by atoms with Crippen LogP contribution < -0.4 is 16.4 Å². The number of rotatable bonds is 27. The van der Waals surface area contributed by atoms with Crippen molar-refractivity contribution in [3.05, 3.63) is 0 Å². The van der Waals surface area contributed by atoms with E-state index < -0.39 is 0 Å². The largest absolute Gasteiger partial charge is 0.379 e. The first kappa shape index (κ1) is 30.6. The summed E-state index contributed by atoms with van der Waals surface area (Å²) in [5.74, 6) is -0.0905. The van der Waals surface area contributed by atoms with Crippen LogP contribution in [-0.2, 0) is 42.7 Å². The monoisotopic (exact) mass is 467 g/mol. The second-order valence-corrected chi connectivity index (χ2v) is 6.25. The molecule has 0 heterocycles. The van der Waals surface area contributed by atoms with Crippen LogP contribution in [0.3, 0.4) is 0 Å². The van der Waals surface area contributed by atoms with Crippen molar-refractivity contribution in [2.75, 3.05) is 112 Å².